The van der Waals surface area contributed by atoms with Gasteiger partial charge in [-0.3, -0.25) is 4.90 Å². The van der Waals surface area contributed by atoms with Crippen LogP contribution in [0.4, 0.5) is 5.69 Å². The van der Waals surface area contributed by atoms with Crippen LogP contribution in [-0.4, -0.2) is 109 Å². The molecule has 0 unspecified atom stereocenters. The van der Waals surface area contributed by atoms with E-state index in [0.717, 1.165) is 6.42 Å². The van der Waals surface area contributed by atoms with Gasteiger partial charge in [-0.2, -0.15) is 0 Å². The third-order valence-corrected chi connectivity index (χ3v) is 12.8. The Kier molecular flexibility index (Phi) is 6.22. The first-order chi connectivity index (χ1) is 19.6. The minimum Gasteiger partial charge on any atom is -0.461 e. The number of fused-ring (bicyclic) bond motifs is 2. The van der Waals surface area contributed by atoms with E-state index in [1.54, 1.807) is 45.6 Å². The lowest BCUT2D eigenvalue weighted by molar-refractivity contribution is -0.319. The summed E-state index contributed by atoms with van der Waals surface area (Å²) in [7, 11) is 5.03. The summed E-state index contributed by atoms with van der Waals surface area (Å²) in [5.41, 5.74) is 1.93. The topological polar surface area (TPSA) is 144 Å². The quantitative estimate of drug-likeness (QED) is 0.277. The zero-order chi connectivity index (χ0) is 29.1. The predicted molar refractivity (Wildman–Crippen MR) is 148 cm³/mol. The molecule has 5 aliphatic carbocycles. The van der Waals surface area contributed by atoms with Crippen molar-refractivity contribution in [2.45, 2.75) is 74.3 Å². The molecule has 0 aromatic heterocycles. The van der Waals surface area contributed by atoms with Crippen LogP contribution in [0.5, 0.6) is 0 Å². The number of carbonyl (C=O) groups is 1. The summed E-state index contributed by atoms with van der Waals surface area (Å²) < 4.78 is 24.4. The molecule has 10 heteroatoms. The molecular formula is C31H44N2O8. The van der Waals surface area contributed by atoms with Crippen molar-refractivity contribution < 1.29 is 39.1 Å². The van der Waals surface area contributed by atoms with E-state index in [1.165, 1.54) is 0 Å². The van der Waals surface area contributed by atoms with Gasteiger partial charge in [0, 0.05) is 68.6 Å². The maximum Gasteiger partial charge on any atom is 0.340 e. The molecule has 1 aromatic rings. The number of nitrogens with zero attached hydrogens (tertiary/aromatic N) is 1. The monoisotopic (exact) mass is 572 g/mol. The summed E-state index contributed by atoms with van der Waals surface area (Å²) in [6, 6.07) is 6.32. The van der Waals surface area contributed by atoms with Crippen molar-refractivity contribution in [1.29, 1.82) is 0 Å². The van der Waals surface area contributed by atoms with Crippen LogP contribution in [0, 0.1) is 34.5 Å². The fraction of sp³-hybridized carbons (Fsp3) is 0.774. The minimum absolute atomic E-state index is 0.0539. The highest BCUT2D eigenvalue weighted by atomic mass is 16.5. The smallest absolute Gasteiger partial charge is 0.340 e. The van der Waals surface area contributed by atoms with E-state index in [0.29, 0.717) is 37.2 Å². The van der Waals surface area contributed by atoms with Gasteiger partial charge in [0.1, 0.15) is 11.2 Å². The molecule has 7 rings (SSSR count). The highest BCUT2D eigenvalue weighted by Gasteiger charge is 2.91. The number of aliphatic hydroxyl groups is 3. The molecule has 1 aromatic carbocycles. The fourth-order valence-electron chi connectivity index (χ4n) is 11.7. The van der Waals surface area contributed by atoms with Crippen LogP contribution < -0.4 is 5.73 Å². The number of carbonyl (C=O) groups excluding carboxylic acids is 1. The summed E-state index contributed by atoms with van der Waals surface area (Å²) in [6.45, 7) is 3.26. The zero-order valence-corrected chi connectivity index (χ0v) is 24.4. The number of nitrogen functional groups attached to an aromatic ring is 1. The molecule has 13 atom stereocenters. The van der Waals surface area contributed by atoms with E-state index in [-0.39, 0.29) is 49.1 Å². The summed E-state index contributed by atoms with van der Waals surface area (Å²) in [4.78, 5) is 15.5. The Balaban J connectivity index is 1.39. The number of likely N-dealkylation sites (tertiary alicyclic amines) is 1. The molecule has 0 radical (unpaired) electrons. The Labute approximate surface area is 241 Å². The molecule has 6 fully saturated rings. The summed E-state index contributed by atoms with van der Waals surface area (Å²) in [6.07, 6.45) is 0.189. The fourth-order valence-corrected chi connectivity index (χ4v) is 11.7. The molecule has 7 bridgehead atoms. The molecule has 5 N–H and O–H groups in total. The normalized spacial score (nSPS) is 51.0. The number of rotatable bonds is 7. The second kappa shape index (κ2) is 9.11. The summed E-state index contributed by atoms with van der Waals surface area (Å²) >= 11 is 0. The Morgan fingerprint density at radius 1 is 1.15 bits per heavy atom. The molecule has 10 nitrogen and oxygen atoms in total. The zero-order valence-electron chi connectivity index (χ0n) is 24.4. The van der Waals surface area contributed by atoms with Gasteiger partial charge in [-0.15, -0.1) is 0 Å². The van der Waals surface area contributed by atoms with Crippen molar-refractivity contribution in [2.24, 2.45) is 34.5 Å². The van der Waals surface area contributed by atoms with Gasteiger partial charge in [0.25, 0.3) is 0 Å². The van der Waals surface area contributed by atoms with Crippen molar-refractivity contribution >= 4 is 11.7 Å². The van der Waals surface area contributed by atoms with Gasteiger partial charge in [0.2, 0.25) is 0 Å². The molecule has 1 aliphatic heterocycles. The van der Waals surface area contributed by atoms with E-state index in [1.807, 2.05) is 6.92 Å². The number of benzene rings is 1. The van der Waals surface area contributed by atoms with Crippen LogP contribution in [0.1, 0.15) is 43.0 Å². The molecule has 1 spiro atoms. The number of ether oxygens (including phenoxy) is 4. The lowest BCUT2D eigenvalue weighted by atomic mass is 9.42. The molecule has 1 heterocycles. The van der Waals surface area contributed by atoms with Crippen LogP contribution in [0.15, 0.2) is 24.3 Å². The maximum absolute atomic E-state index is 13.3. The molecule has 226 valence electrons. The maximum atomic E-state index is 13.3. The van der Waals surface area contributed by atoms with Gasteiger partial charge in [-0.25, -0.2) is 4.79 Å². The van der Waals surface area contributed by atoms with E-state index in [2.05, 4.69) is 4.90 Å². The highest BCUT2D eigenvalue weighted by Crippen LogP contribution is 2.80. The Morgan fingerprint density at radius 2 is 1.90 bits per heavy atom. The molecule has 5 saturated carbocycles. The van der Waals surface area contributed by atoms with E-state index in [9.17, 15) is 20.1 Å². The van der Waals surface area contributed by atoms with E-state index in [4.69, 9.17) is 24.7 Å². The molecule has 0 amide bonds. The van der Waals surface area contributed by atoms with Crippen LogP contribution in [0.2, 0.25) is 0 Å². The number of para-hydroxylation sites is 1. The van der Waals surface area contributed by atoms with Gasteiger partial charge >= 0.3 is 5.97 Å². The number of likely N-dealkylation sites (N-methyl/N-ethyl adjacent to an activating group) is 1. The first-order valence-electron chi connectivity index (χ1n) is 15.1. The largest absolute Gasteiger partial charge is 0.461 e. The third-order valence-electron chi connectivity index (χ3n) is 12.8. The summed E-state index contributed by atoms with van der Waals surface area (Å²) in [5.74, 6) is -1.38. The van der Waals surface area contributed by atoms with Crippen LogP contribution >= 0.6 is 0 Å². The number of anilines is 1. The average molecular weight is 573 g/mol. The Bertz CT molecular complexity index is 1230. The number of hydrogen-bond donors (Lipinski definition) is 4. The number of aliphatic hydroxyl groups excluding tert-OH is 1. The van der Waals surface area contributed by atoms with Gasteiger partial charge in [0.05, 0.1) is 42.6 Å². The van der Waals surface area contributed by atoms with Gasteiger partial charge in [0.15, 0.2) is 0 Å². The number of methoxy groups -OCH3 is 3. The second-order valence-electron chi connectivity index (χ2n) is 13.6. The van der Waals surface area contributed by atoms with Crippen molar-refractivity contribution in [2.75, 3.05) is 46.8 Å². The van der Waals surface area contributed by atoms with Crippen molar-refractivity contribution in [3.05, 3.63) is 29.8 Å². The molecule has 6 aliphatic rings. The van der Waals surface area contributed by atoms with Crippen LogP contribution in [0.3, 0.4) is 0 Å². The minimum atomic E-state index is -1.85. The molecule has 1 saturated heterocycles. The standard InChI is InChI=1S/C31H44N2O8/c1-5-33-14-28(15-41-26(35)16-8-6-7-9-19(16)32)11-10-21(39-3)30-18-12-17-20(38-2)13-29(36,22(18)23(17)40-4)31(37,27(30)33)25(34)24(28)30/h6-9,17-18,20-25,27,34,36-37H,5,10-15,32H2,1-4H3/t17-,18-,20+,21+,22-,23+,24-,25+,27+,28+,29-,30+,31+/m1/s1. The number of hydrogen-bond acceptors (Lipinski definition) is 10. The van der Waals surface area contributed by atoms with Gasteiger partial charge in [-0.1, -0.05) is 19.1 Å². The van der Waals surface area contributed by atoms with Crippen molar-refractivity contribution in [3.63, 3.8) is 0 Å². The first kappa shape index (κ1) is 28.0. The number of nitrogens with two attached hydrogens (primary N) is 1. The molecular weight excluding hydrogens is 528 g/mol. The van der Waals surface area contributed by atoms with Crippen molar-refractivity contribution in [3.8, 4) is 0 Å². The van der Waals surface area contributed by atoms with Gasteiger partial charge in [-0.05, 0) is 43.9 Å². The Hall–Kier alpha value is -1.79. The third kappa shape index (κ3) is 3.05. The lowest BCUT2D eigenvalue weighted by Gasteiger charge is -2.70. The Morgan fingerprint density at radius 3 is 2.56 bits per heavy atom. The van der Waals surface area contributed by atoms with Crippen molar-refractivity contribution in [1.82, 2.24) is 4.90 Å². The predicted octanol–water partition coefficient (Wildman–Crippen LogP) is 1.06. The summed E-state index contributed by atoms with van der Waals surface area (Å²) in [5, 5.41) is 38.3. The van der Waals surface area contributed by atoms with Crippen LogP contribution in [0.25, 0.3) is 0 Å². The lowest BCUT2D eigenvalue weighted by Crippen LogP contribution is -2.82. The van der Waals surface area contributed by atoms with E-state index < -0.39 is 46.1 Å². The van der Waals surface area contributed by atoms with Gasteiger partial charge < -0.3 is 40.0 Å². The SMILES string of the molecule is CCN1C[C@]2(COC(=O)c3ccccc3N)CC[C@H](OC)[C@@]34[C@@H]5C[C@H]6[C@H](OC)[C@@H]5[C@](O)(C[C@@H]6OC)[C@](O)([C@@H](O)[C@H]23)[C@@H]14. The second-order valence-corrected chi connectivity index (χ2v) is 13.6. The van der Waals surface area contributed by atoms with E-state index >= 15 is 0 Å². The number of esters is 1. The number of piperidine rings is 1. The first-order valence-corrected chi connectivity index (χ1v) is 15.1. The van der Waals surface area contributed by atoms with Crippen LogP contribution in [-0.2, 0) is 18.9 Å². The highest BCUT2D eigenvalue weighted by molar-refractivity contribution is 5.95. The molecule has 41 heavy (non-hydrogen) atoms. The average Bonchev–Trinajstić information content (AvgIpc) is 3.38.